The van der Waals surface area contributed by atoms with Gasteiger partial charge in [-0.05, 0) is 64.9 Å². The van der Waals surface area contributed by atoms with E-state index < -0.39 is 0 Å². The van der Waals surface area contributed by atoms with Crippen LogP contribution in [0.3, 0.4) is 0 Å². The zero-order chi connectivity index (χ0) is 23.4. The number of thioether (sulfide) groups is 1. The van der Waals surface area contributed by atoms with E-state index in [1.54, 1.807) is 36.3 Å². The highest BCUT2D eigenvalue weighted by atomic mass is 32.2. The molecule has 176 valence electrons. The average molecular weight is 486 g/mol. The molecule has 1 fully saturated rings. The predicted octanol–water partition coefficient (Wildman–Crippen LogP) is 5.14. The van der Waals surface area contributed by atoms with Crippen LogP contribution in [0.5, 0.6) is 11.5 Å². The van der Waals surface area contributed by atoms with Crippen molar-refractivity contribution in [2.24, 2.45) is 0 Å². The van der Waals surface area contributed by atoms with E-state index in [1.807, 2.05) is 25.1 Å². The molecule has 7 nitrogen and oxygen atoms in total. The Bertz CT molecular complexity index is 1080. The van der Waals surface area contributed by atoms with Crippen molar-refractivity contribution >= 4 is 28.9 Å². The van der Waals surface area contributed by atoms with Gasteiger partial charge in [-0.15, -0.1) is 11.3 Å². The lowest BCUT2D eigenvalue weighted by Gasteiger charge is -2.16. The van der Waals surface area contributed by atoms with Crippen LogP contribution < -0.4 is 15.2 Å². The number of methoxy groups -OCH3 is 1. The maximum atomic E-state index is 6.12. The van der Waals surface area contributed by atoms with Crippen molar-refractivity contribution in [1.29, 1.82) is 0 Å². The van der Waals surface area contributed by atoms with Crippen LogP contribution in [0.4, 0.5) is 5.82 Å². The highest BCUT2D eigenvalue weighted by Gasteiger charge is 2.19. The predicted molar refractivity (Wildman–Crippen MR) is 135 cm³/mol. The van der Waals surface area contributed by atoms with Gasteiger partial charge in [-0.2, -0.15) is 0 Å². The lowest BCUT2D eigenvalue weighted by atomic mass is 10.2. The van der Waals surface area contributed by atoms with Gasteiger partial charge < -0.3 is 15.2 Å². The Morgan fingerprint density at radius 1 is 1.12 bits per heavy atom. The molecule has 0 saturated carbocycles. The van der Waals surface area contributed by atoms with Crippen molar-refractivity contribution < 1.29 is 9.47 Å². The van der Waals surface area contributed by atoms with E-state index in [9.17, 15) is 0 Å². The molecule has 0 spiro atoms. The Labute approximate surface area is 203 Å². The normalized spacial score (nSPS) is 15.0. The van der Waals surface area contributed by atoms with Crippen molar-refractivity contribution in [2.45, 2.75) is 44.0 Å². The lowest BCUT2D eigenvalue weighted by Crippen LogP contribution is -2.25. The maximum absolute atomic E-state index is 6.12. The second-order valence-corrected chi connectivity index (χ2v) is 10.7. The molecule has 0 aliphatic carbocycles. The number of nitrogens with zero attached hydrogens (tertiary/aromatic N) is 4. The molecule has 2 N–H and O–H groups in total. The lowest BCUT2D eigenvalue weighted by molar-refractivity contribution is 0.230. The molecule has 1 saturated heterocycles. The molecule has 0 bridgehead atoms. The van der Waals surface area contributed by atoms with Crippen molar-refractivity contribution in [3.63, 3.8) is 0 Å². The van der Waals surface area contributed by atoms with E-state index in [4.69, 9.17) is 20.2 Å². The van der Waals surface area contributed by atoms with Gasteiger partial charge in [0.1, 0.15) is 17.4 Å². The van der Waals surface area contributed by atoms with Gasteiger partial charge in [0, 0.05) is 28.7 Å². The number of nitrogens with two attached hydrogens (primary N) is 1. The fourth-order valence-corrected chi connectivity index (χ4v) is 6.05. The van der Waals surface area contributed by atoms with Crippen molar-refractivity contribution in [3.05, 3.63) is 40.5 Å². The van der Waals surface area contributed by atoms with Gasteiger partial charge in [0.15, 0.2) is 16.7 Å². The third-order valence-corrected chi connectivity index (χ3v) is 7.63. The Kier molecular flexibility index (Phi) is 7.72. The molecule has 2 aromatic heterocycles. The fraction of sp³-hybridized carbons (Fsp3) is 0.458. The number of nitrogen functional groups attached to an aromatic ring is 1. The number of thiazole rings is 1. The van der Waals surface area contributed by atoms with E-state index in [0.717, 1.165) is 53.1 Å². The summed E-state index contributed by atoms with van der Waals surface area (Å²) in [4.78, 5) is 17.4. The molecule has 4 rings (SSSR count). The standard InChI is InChI=1S/C24H31N5O2S2/c1-15-13-21(25)27-24(26-15)33-17(3)22-16(2)32-23(28-22)18-7-8-19(30-4)20(14-18)31-12-11-29-9-5-6-10-29/h7-8,13-14,17H,5-6,9-12H2,1-4H3,(H2,25,26,27)/t17-/m1/s1. The first-order chi connectivity index (χ1) is 15.9. The van der Waals surface area contributed by atoms with Gasteiger partial charge in [0.2, 0.25) is 0 Å². The first-order valence-corrected chi connectivity index (χ1v) is 12.9. The minimum absolute atomic E-state index is 0.102. The van der Waals surface area contributed by atoms with Gasteiger partial charge in [-0.1, -0.05) is 11.8 Å². The van der Waals surface area contributed by atoms with Gasteiger partial charge in [-0.3, -0.25) is 4.90 Å². The highest BCUT2D eigenvalue weighted by molar-refractivity contribution is 7.99. The number of benzene rings is 1. The van der Waals surface area contributed by atoms with E-state index in [0.29, 0.717) is 17.6 Å². The van der Waals surface area contributed by atoms with Crippen molar-refractivity contribution in [2.75, 3.05) is 39.1 Å². The zero-order valence-corrected chi connectivity index (χ0v) is 21.3. The molecule has 0 amide bonds. The molecule has 9 heteroatoms. The molecule has 1 atom stereocenters. The van der Waals surface area contributed by atoms with E-state index in [-0.39, 0.29) is 5.25 Å². The van der Waals surface area contributed by atoms with Crippen LogP contribution in [0.15, 0.2) is 29.4 Å². The molecule has 3 heterocycles. The molecule has 0 unspecified atom stereocenters. The number of hydrogen-bond acceptors (Lipinski definition) is 9. The quantitative estimate of drug-likeness (QED) is 0.329. The molecule has 3 aromatic rings. The van der Waals surface area contributed by atoms with Gasteiger partial charge in [0.25, 0.3) is 0 Å². The van der Waals surface area contributed by atoms with Crippen LogP contribution in [0.25, 0.3) is 10.6 Å². The average Bonchev–Trinajstić information content (AvgIpc) is 3.42. The number of aryl methyl sites for hydroxylation is 2. The van der Waals surface area contributed by atoms with Gasteiger partial charge >= 0.3 is 0 Å². The summed E-state index contributed by atoms with van der Waals surface area (Å²) in [6, 6.07) is 7.80. The van der Waals surface area contributed by atoms with Crippen molar-refractivity contribution in [3.8, 4) is 22.1 Å². The number of rotatable bonds is 9. The van der Waals surface area contributed by atoms with Crippen LogP contribution in [-0.2, 0) is 0 Å². The monoisotopic (exact) mass is 485 g/mol. The number of ether oxygens (including phenoxy) is 2. The molecule has 33 heavy (non-hydrogen) atoms. The number of likely N-dealkylation sites (tertiary alicyclic amines) is 1. The summed E-state index contributed by atoms with van der Waals surface area (Å²) in [7, 11) is 1.67. The van der Waals surface area contributed by atoms with Crippen LogP contribution in [0.2, 0.25) is 0 Å². The van der Waals surface area contributed by atoms with E-state index in [2.05, 4.69) is 28.7 Å². The maximum Gasteiger partial charge on any atom is 0.190 e. The summed E-state index contributed by atoms with van der Waals surface area (Å²) in [5.74, 6) is 1.99. The zero-order valence-electron chi connectivity index (χ0n) is 19.6. The third-order valence-electron chi connectivity index (χ3n) is 5.63. The smallest absolute Gasteiger partial charge is 0.190 e. The Balaban J connectivity index is 1.49. The van der Waals surface area contributed by atoms with E-state index >= 15 is 0 Å². The van der Waals surface area contributed by atoms with Gasteiger partial charge in [0.05, 0.1) is 18.1 Å². The fourth-order valence-electron chi connectivity index (χ4n) is 3.95. The Hall–Kier alpha value is -2.36. The van der Waals surface area contributed by atoms with Crippen LogP contribution >= 0.6 is 23.1 Å². The summed E-state index contributed by atoms with van der Waals surface area (Å²) in [6.45, 7) is 10.1. The molecule has 1 aliphatic heterocycles. The Morgan fingerprint density at radius 3 is 2.64 bits per heavy atom. The summed E-state index contributed by atoms with van der Waals surface area (Å²) in [5, 5.41) is 1.74. The van der Waals surface area contributed by atoms with Crippen LogP contribution in [-0.4, -0.2) is 53.2 Å². The first-order valence-electron chi connectivity index (χ1n) is 11.2. The minimum atomic E-state index is 0.102. The van der Waals surface area contributed by atoms with Crippen LogP contribution in [0, 0.1) is 13.8 Å². The second-order valence-electron chi connectivity index (χ2n) is 8.20. The summed E-state index contributed by atoms with van der Waals surface area (Å²) in [5.41, 5.74) is 8.82. The molecule has 0 radical (unpaired) electrons. The summed E-state index contributed by atoms with van der Waals surface area (Å²) in [6.07, 6.45) is 2.56. The van der Waals surface area contributed by atoms with E-state index in [1.165, 1.54) is 17.7 Å². The summed E-state index contributed by atoms with van der Waals surface area (Å²) < 4.78 is 11.6. The van der Waals surface area contributed by atoms with Crippen molar-refractivity contribution in [1.82, 2.24) is 19.9 Å². The number of aromatic nitrogens is 3. The number of hydrogen-bond donors (Lipinski definition) is 1. The highest BCUT2D eigenvalue weighted by Crippen LogP contribution is 2.40. The Morgan fingerprint density at radius 2 is 1.91 bits per heavy atom. The van der Waals surface area contributed by atoms with Crippen LogP contribution in [0.1, 0.15) is 41.3 Å². The third kappa shape index (κ3) is 5.96. The first kappa shape index (κ1) is 23.8. The second kappa shape index (κ2) is 10.7. The largest absolute Gasteiger partial charge is 0.493 e. The molecule has 1 aromatic carbocycles. The number of anilines is 1. The summed E-state index contributed by atoms with van der Waals surface area (Å²) >= 11 is 3.26. The topological polar surface area (TPSA) is 86.4 Å². The van der Waals surface area contributed by atoms with Gasteiger partial charge in [-0.25, -0.2) is 15.0 Å². The minimum Gasteiger partial charge on any atom is -0.493 e. The molecular weight excluding hydrogens is 454 g/mol. The molecular formula is C24H31N5O2S2. The molecule has 1 aliphatic rings. The SMILES string of the molecule is COc1ccc(-c2nc([C@@H](C)Sc3nc(C)cc(N)n3)c(C)s2)cc1OCCN1CCCC1.